The van der Waals surface area contributed by atoms with Crippen LogP contribution in [-0.4, -0.2) is 23.0 Å². The van der Waals surface area contributed by atoms with Crippen LogP contribution in [0.15, 0.2) is 39.8 Å². The average molecular weight is 447 g/mol. The van der Waals surface area contributed by atoms with Crippen LogP contribution in [0.3, 0.4) is 0 Å². The first-order valence-electron chi connectivity index (χ1n) is 7.54. The molecule has 0 aliphatic carbocycles. The lowest BCUT2D eigenvalue weighted by Crippen LogP contribution is -2.40. The highest BCUT2D eigenvalue weighted by Crippen LogP contribution is 2.20. The van der Waals surface area contributed by atoms with Crippen molar-refractivity contribution in [3.8, 4) is 0 Å². The Labute approximate surface area is 153 Å². The lowest BCUT2D eigenvalue weighted by molar-refractivity contribution is -0.139. The molecule has 126 valence electrons. The van der Waals surface area contributed by atoms with E-state index in [2.05, 4.69) is 43.8 Å². The van der Waals surface area contributed by atoms with Crippen molar-refractivity contribution in [2.24, 2.45) is 0 Å². The number of hydrogen-bond acceptors (Lipinski definition) is 2. The third-order valence-corrected chi connectivity index (χ3v) is 4.29. The number of rotatable bonds is 10. The zero-order chi connectivity index (χ0) is 17.2. The van der Waals surface area contributed by atoms with Gasteiger partial charge < -0.3 is 10.4 Å². The largest absolute Gasteiger partial charge is 0.480 e. The monoisotopic (exact) mass is 445 g/mol. The molecule has 1 amide bonds. The molecule has 0 aromatic heterocycles. The van der Waals surface area contributed by atoms with E-state index in [0.29, 0.717) is 12.0 Å². The third kappa shape index (κ3) is 7.79. The fourth-order valence-corrected chi connectivity index (χ4v) is 3.47. The minimum Gasteiger partial charge on any atom is -0.480 e. The molecule has 0 unspecified atom stereocenters. The molecule has 0 radical (unpaired) electrons. The molecule has 1 aromatic carbocycles. The van der Waals surface area contributed by atoms with E-state index in [0.717, 1.165) is 41.0 Å². The van der Waals surface area contributed by atoms with Crippen molar-refractivity contribution in [3.05, 3.63) is 45.4 Å². The molecule has 0 aliphatic heterocycles. The first-order chi connectivity index (χ1) is 10.9. The molecule has 0 saturated carbocycles. The number of nitrogens with one attached hydrogen (secondary N) is 1. The van der Waals surface area contributed by atoms with Crippen LogP contribution >= 0.6 is 31.9 Å². The fraction of sp³-hybridized carbons (Fsp3) is 0.412. The summed E-state index contributed by atoms with van der Waals surface area (Å²) in [5, 5.41) is 11.9. The standard InChI is InChI=1S/C17H21Br2NO3/c1-2-3-4-5-6-7-8-15(17(22)23)20-16(21)12-9-13(18)11-14(19)10-12/h2,9-11,15H,1,3-8H2,(H,20,21)(H,22,23)/t15-/m1/s1. The van der Waals surface area contributed by atoms with Crippen molar-refractivity contribution < 1.29 is 14.7 Å². The number of unbranched alkanes of at least 4 members (excludes halogenated alkanes) is 4. The molecule has 0 bridgehead atoms. The number of benzene rings is 1. The van der Waals surface area contributed by atoms with Crippen molar-refractivity contribution in [1.29, 1.82) is 0 Å². The molecular formula is C17H21Br2NO3. The van der Waals surface area contributed by atoms with E-state index in [1.54, 1.807) is 12.1 Å². The molecule has 0 fully saturated rings. The van der Waals surface area contributed by atoms with Gasteiger partial charge in [0.05, 0.1) is 0 Å². The molecule has 4 nitrogen and oxygen atoms in total. The zero-order valence-electron chi connectivity index (χ0n) is 12.9. The second-order valence-corrected chi connectivity index (χ2v) is 7.13. The maximum atomic E-state index is 12.2. The highest BCUT2D eigenvalue weighted by molar-refractivity contribution is 9.11. The Balaban J connectivity index is 2.53. The number of carbonyl (C=O) groups is 2. The maximum absolute atomic E-state index is 12.2. The third-order valence-electron chi connectivity index (χ3n) is 3.38. The Kier molecular flexibility index (Phi) is 9.17. The van der Waals surface area contributed by atoms with Crippen LogP contribution in [-0.2, 0) is 4.79 Å². The minimum absolute atomic E-state index is 0.383. The Morgan fingerprint density at radius 3 is 2.30 bits per heavy atom. The van der Waals surface area contributed by atoms with Gasteiger partial charge in [-0.25, -0.2) is 4.79 Å². The second kappa shape index (κ2) is 10.6. The molecule has 1 atom stereocenters. The van der Waals surface area contributed by atoms with E-state index in [4.69, 9.17) is 0 Å². The van der Waals surface area contributed by atoms with Crippen LogP contribution in [0.25, 0.3) is 0 Å². The fourth-order valence-electron chi connectivity index (χ4n) is 2.17. The number of amides is 1. The number of hydrogen-bond donors (Lipinski definition) is 2. The van der Waals surface area contributed by atoms with Gasteiger partial charge in [0.15, 0.2) is 0 Å². The molecule has 1 rings (SSSR count). The summed E-state index contributed by atoms with van der Waals surface area (Å²) in [6.07, 6.45) is 7.15. The Hall–Kier alpha value is -1.14. The van der Waals surface area contributed by atoms with Crippen LogP contribution in [0.1, 0.15) is 48.9 Å². The van der Waals surface area contributed by atoms with E-state index >= 15 is 0 Å². The minimum atomic E-state index is -1.00. The van der Waals surface area contributed by atoms with Crippen molar-refractivity contribution in [2.45, 2.75) is 44.6 Å². The summed E-state index contributed by atoms with van der Waals surface area (Å²) in [5.41, 5.74) is 0.420. The van der Waals surface area contributed by atoms with Gasteiger partial charge in [0.1, 0.15) is 6.04 Å². The average Bonchev–Trinajstić information content (AvgIpc) is 2.48. The number of carboxylic acid groups (broad SMARTS) is 1. The summed E-state index contributed by atoms with van der Waals surface area (Å²) < 4.78 is 1.51. The highest BCUT2D eigenvalue weighted by atomic mass is 79.9. The Morgan fingerprint density at radius 2 is 1.74 bits per heavy atom. The van der Waals surface area contributed by atoms with Crippen molar-refractivity contribution in [2.75, 3.05) is 0 Å². The van der Waals surface area contributed by atoms with E-state index in [-0.39, 0.29) is 5.91 Å². The topological polar surface area (TPSA) is 66.4 Å². The summed E-state index contributed by atoms with van der Waals surface area (Å²) in [7, 11) is 0. The number of allylic oxidation sites excluding steroid dienone is 1. The van der Waals surface area contributed by atoms with E-state index in [1.165, 1.54) is 0 Å². The lowest BCUT2D eigenvalue weighted by Gasteiger charge is -2.15. The molecule has 0 heterocycles. The summed E-state index contributed by atoms with van der Waals surface area (Å²) in [5.74, 6) is -1.38. The van der Waals surface area contributed by atoms with Crippen LogP contribution < -0.4 is 5.32 Å². The van der Waals surface area contributed by atoms with E-state index in [9.17, 15) is 14.7 Å². The predicted octanol–water partition coefficient (Wildman–Crippen LogP) is 4.92. The van der Waals surface area contributed by atoms with Gasteiger partial charge in [-0.1, -0.05) is 57.2 Å². The normalized spacial score (nSPS) is 11.7. The Morgan fingerprint density at radius 1 is 1.13 bits per heavy atom. The maximum Gasteiger partial charge on any atom is 0.326 e. The molecular weight excluding hydrogens is 426 g/mol. The Bertz CT molecular complexity index is 541. The van der Waals surface area contributed by atoms with Gasteiger partial charge in [0.25, 0.3) is 5.91 Å². The van der Waals surface area contributed by atoms with Crippen LogP contribution in [0.2, 0.25) is 0 Å². The van der Waals surface area contributed by atoms with Crippen LogP contribution in [0, 0.1) is 0 Å². The molecule has 23 heavy (non-hydrogen) atoms. The van der Waals surface area contributed by atoms with E-state index in [1.807, 2.05) is 12.1 Å². The molecule has 0 aliphatic rings. The first kappa shape index (κ1) is 19.9. The smallest absolute Gasteiger partial charge is 0.326 e. The number of carbonyl (C=O) groups excluding carboxylic acids is 1. The van der Waals surface area contributed by atoms with Gasteiger partial charge in [0, 0.05) is 14.5 Å². The van der Waals surface area contributed by atoms with Gasteiger partial charge in [-0.3, -0.25) is 4.79 Å². The summed E-state index contributed by atoms with van der Waals surface area (Å²) >= 11 is 6.63. The predicted molar refractivity (Wildman–Crippen MR) is 98.6 cm³/mol. The van der Waals surface area contributed by atoms with Crippen molar-refractivity contribution in [1.82, 2.24) is 5.32 Å². The zero-order valence-corrected chi connectivity index (χ0v) is 16.0. The molecule has 2 N–H and O–H groups in total. The number of halogens is 2. The van der Waals surface area contributed by atoms with Crippen LogP contribution in [0.4, 0.5) is 0 Å². The lowest BCUT2D eigenvalue weighted by atomic mass is 10.1. The van der Waals surface area contributed by atoms with E-state index < -0.39 is 12.0 Å². The quantitative estimate of drug-likeness (QED) is 0.395. The summed E-state index contributed by atoms with van der Waals surface area (Å²) in [6, 6.07) is 4.27. The number of aliphatic carboxylic acids is 1. The van der Waals surface area contributed by atoms with Crippen molar-refractivity contribution >= 4 is 43.7 Å². The molecule has 1 aromatic rings. The van der Waals surface area contributed by atoms with Crippen molar-refractivity contribution in [3.63, 3.8) is 0 Å². The second-order valence-electron chi connectivity index (χ2n) is 5.30. The molecule has 0 spiro atoms. The van der Waals surface area contributed by atoms with Gasteiger partial charge in [0.2, 0.25) is 0 Å². The SMILES string of the molecule is C=CCCCCCC[C@@H](NC(=O)c1cc(Br)cc(Br)c1)C(=O)O. The first-order valence-corrected chi connectivity index (χ1v) is 9.13. The molecule has 0 saturated heterocycles. The summed E-state index contributed by atoms with van der Waals surface area (Å²) in [4.78, 5) is 23.5. The number of carboxylic acids is 1. The highest BCUT2D eigenvalue weighted by Gasteiger charge is 2.20. The van der Waals surface area contributed by atoms with Gasteiger partial charge in [-0.15, -0.1) is 6.58 Å². The van der Waals surface area contributed by atoms with Gasteiger partial charge >= 0.3 is 5.97 Å². The van der Waals surface area contributed by atoms with Gasteiger partial charge in [-0.2, -0.15) is 0 Å². The van der Waals surface area contributed by atoms with Gasteiger partial charge in [-0.05, 0) is 37.5 Å². The molecule has 6 heteroatoms. The van der Waals surface area contributed by atoms with Crippen LogP contribution in [0.5, 0.6) is 0 Å². The summed E-state index contributed by atoms with van der Waals surface area (Å²) in [6.45, 7) is 3.67.